The van der Waals surface area contributed by atoms with Crippen molar-refractivity contribution in [2.24, 2.45) is 4.99 Å². The molecular weight excluding hydrogens is 419 g/mol. The van der Waals surface area contributed by atoms with Crippen molar-refractivity contribution in [1.29, 1.82) is 0 Å². The number of rotatable bonds is 8. The largest absolute Gasteiger partial charge is 0.477 e. The van der Waals surface area contributed by atoms with E-state index in [0.29, 0.717) is 25.1 Å². The Kier molecular flexibility index (Phi) is 10.7. The molecular formula is C17H29IN4O2. The SMILES string of the molecule is CCCOc1ncccc1CN=C(NCC)NCC1CCCO1.I. The van der Waals surface area contributed by atoms with E-state index in [9.17, 15) is 0 Å². The predicted molar refractivity (Wildman–Crippen MR) is 107 cm³/mol. The summed E-state index contributed by atoms with van der Waals surface area (Å²) in [6.45, 7) is 7.83. The summed E-state index contributed by atoms with van der Waals surface area (Å²) < 4.78 is 11.3. The van der Waals surface area contributed by atoms with Crippen LogP contribution in [0.25, 0.3) is 0 Å². The van der Waals surface area contributed by atoms with Crippen LogP contribution in [0, 0.1) is 0 Å². The normalized spacial score (nSPS) is 17.2. The minimum absolute atomic E-state index is 0. The number of hydrogen-bond acceptors (Lipinski definition) is 4. The molecule has 24 heavy (non-hydrogen) atoms. The molecule has 0 radical (unpaired) electrons. The Morgan fingerprint density at radius 3 is 3.00 bits per heavy atom. The number of aliphatic imine (C=N–C) groups is 1. The van der Waals surface area contributed by atoms with Crippen molar-refractivity contribution in [3.63, 3.8) is 0 Å². The monoisotopic (exact) mass is 448 g/mol. The van der Waals surface area contributed by atoms with E-state index in [1.54, 1.807) is 6.20 Å². The molecule has 1 atom stereocenters. The Morgan fingerprint density at radius 1 is 1.42 bits per heavy atom. The van der Waals surface area contributed by atoms with Crippen LogP contribution in [-0.4, -0.2) is 43.4 Å². The summed E-state index contributed by atoms with van der Waals surface area (Å²) in [7, 11) is 0. The third-order valence-electron chi connectivity index (χ3n) is 3.57. The Hall–Kier alpha value is -1.09. The second kappa shape index (κ2) is 12.3. The molecule has 2 N–H and O–H groups in total. The molecule has 1 aromatic heterocycles. The van der Waals surface area contributed by atoms with Gasteiger partial charge in [-0.2, -0.15) is 0 Å². The van der Waals surface area contributed by atoms with Gasteiger partial charge >= 0.3 is 0 Å². The van der Waals surface area contributed by atoms with Gasteiger partial charge in [-0.1, -0.05) is 13.0 Å². The van der Waals surface area contributed by atoms with Gasteiger partial charge in [-0.05, 0) is 32.3 Å². The van der Waals surface area contributed by atoms with Gasteiger partial charge in [0.05, 0.1) is 19.3 Å². The molecule has 6 nitrogen and oxygen atoms in total. The van der Waals surface area contributed by atoms with Gasteiger partial charge in [0.2, 0.25) is 5.88 Å². The maximum absolute atomic E-state index is 5.68. The van der Waals surface area contributed by atoms with Crippen LogP contribution in [0.3, 0.4) is 0 Å². The number of nitrogens with zero attached hydrogens (tertiary/aromatic N) is 2. The number of nitrogens with one attached hydrogen (secondary N) is 2. The zero-order valence-corrected chi connectivity index (χ0v) is 16.9. The van der Waals surface area contributed by atoms with E-state index >= 15 is 0 Å². The number of ether oxygens (including phenoxy) is 2. The highest BCUT2D eigenvalue weighted by Gasteiger charge is 2.15. The van der Waals surface area contributed by atoms with E-state index in [1.165, 1.54) is 0 Å². The predicted octanol–water partition coefficient (Wildman–Crippen LogP) is 2.72. The third kappa shape index (κ3) is 7.21. The molecule has 0 amide bonds. The number of halogens is 1. The first kappa shape index (κ1) is 21.0. The first-order valence-corrected chi connectivity index (χ1v) is 8.54. The third-order valence-corrected chi connectivity index (χ3v) is 3.57. The van der Waals surface area contributed by atoms with Gasteiger partial charge < -0.3 is 20.1 Å². The summed E-state index contributed by atoms with van der Waals surface area (Å²) in [6.07, 6.45) is 5.27. The molecule has 0 aliphatic carbocycles. The highest BCUT2D eigenvalue weighted by atomic mass is 127. The van der Waals surface area contributed by atoms with Crippen molar-refractivity contribution in [2.45, 2.75) is 45.8 Å². The summed E-state index contributed by atoms with van der Waals surface area (Å²) in [4.78, 5) is 8.93. The number of hydrogen-bond donors (Lipinski definition) is 2. The van der Waals surface area contributed by atoms with Gasteiger partial charge in [0.15, 0.2) is 5.96 Å². The van der Waals surface area contributed by atoms with Gasteiger partial charge in [0.1, 0.15) is 0 Å². The van der Waals surface area contributed by atoms with Gasteiger partial charge in [0, 0.05) is 31.5 Å². The van der Waals surface area contributed by atoms with Crippen molar-refractivity contribution < 1.29 is 9.47 Å². The van der Waals surface area contributed by atoms with E-state index in [4.69, 9.17) is 9.47 Å². The maximum Gasteiger partial charge on any atom is 0.218 e. The van der Waals surface area contributed by atoms with Crippen LogP contribution >= 0.6 is 24.0 Å². The number of aromatic nitrogens is 1. The maximum atomic E-state index is 5.68. The Morgan fingerprint density at radius 2 is 2.29 bits per heavy atom. The second-order valence-electron chi connectivity index (χ2n) is 5.53. The van der Waals surface area contributed by atoms with E-state index in [2.05, 4.69) is 34.5 Å². The van der Waals surface area contributed by atoms with E-state index < -0.39 is 0 Å². The number of pyridine rings is 1. The molecule has 1 unspecified atom stereocenters. The Balaban J connectivity index is 0.00000288. The summed E-state index contributed by atoms with van der Waals surface area (Å²) in [5, 5.41) is 6.61. The lowest BCUT2D eigenvalue weighted by molar-refractivity contribution is 0.114. The van der Waals surface area contributed by atoms with Crippen LogP contribution in [0.4, 0.5) is 0 Å². The molecule has 0 bridgehead atoms. The fraction of sp³-hybridized carbons (Fsp3) is 0.647. The molecule has 0 saturated carbocycles. The lowest BCUT2D eigenvalue weighted by Crippen LogP contribution is -2.41. The average Bonchev–Trinajstić information content (AvgIpc) is 3.09. The molecule has 1 aliphatic rings. The Bertz CT molecular complexity index is 493. The van der Waals surface area contributed by atoms with Crippen molar-refractivity contribution in [3.05, 3.63) is 23.9 Å². The van der Waals surface area contributed by atoms with E-state index in [0.717, 1.165) is 50.5 Å². The summed E-state index contributed by atoms with van der Waals surface area (Å²) in [6, 6.07) is 3.92. The van der Waals surface area contributed by atoms with Crippen LogP contribution in [0.2, 0.25) is 0 Å². The minimum atomic E-state index is 0. The molecule has 0 spiro atoms. The van der Waals surface area contributed by atoms with Crippen LogP contribution in [-0.2, 0) is 11.3 Å². The van der Waals surface area contributed by atoms with Crippen LogP contribution in [0.15, 0.2) is 23.3 Å². The van der Waals surface area contributed by atoms with Crippen molar-refractivity contribution in [2.75, 3.05) is 26.3 Å². The molecule has 136 valence electrons. The van der Waals surface area contributed by atoms with Gasteiger partial charge in [-0.3, -0.25) is 0 Å². The molecule has 2 heterocycles. The average molecular weight is 448 g/mol. The fourth-order valence-corrected chi connectivity index (χ4v) is 2.39. The van der Waals surface area contributed by atoms with Crippen LogP contribution in [0.5, 0.6) is 5.88 Å². The van der Waals surface area contributed by atoms with Gasteiger partial charge in [-0.25, -0.2) is 9.98 Å². The van der Waals surface area contributed by atoms with Gasteiger partial charge in [0.25, 0.3) is 0 Å². The first-order chi connectivity index (χ1) is 11.3. The minimum Gasteiger partial charge on any atom is -0.477 e. The summed E-state index contributed by atoms with van der Waals surface area (Å²) >= 11 is 0. The molecule has 1 fully saturated rings. The zero-order chi connectivity index (χ0) is 16.3. The Labute approximate surface area is 161 Å². The van der Waals surface area contributed by atoms with Crippen molar-refractivity contribution in [1.82, 2.24) is 15.6 Å². The zero-order valence-electron chi connectivity index (χ0n) is 14.6. The molecule has 0 aromatic carbocycles. The van der Waals surface area contributed by atoms with E-state index in [-0.39, 0.29) is 24.0 Å². The van der Waals surface area contributed by atoms with Gasteiger partial charge in [-0.15, -0.1) is 24.0 Å². The van der Waals surface area contributed by atoms with E-state index in [1.807, 2.05) is 12.1 Å². The smallest absolute Gasteiger partial charge is 0.218 e. The standard InChI is InChI=1S/C17H28N4O2.HI/c1-3-10-23-16-14(7-5-9-19-16)12-20-17(18-4-2)21-13-15-8-6-11-22-15;/h5,7,9,15H,3-4,6,8,10-13H2,1-2H3,(H2,18,20,21);1H. The van der Waals surface area contributed by atoms with Crippen LogP contribution < -0.4 is 15.4 Å². The lowest BCUT2D eigenvalue weighted by atomic mass is 10.2. The summed E-state index contributed by atoms with van der Waals surface area (Å²) in [5.41, 5.74) is 0.996. The van der Waals surface area contributed by atoms with Crippen molar-refractivity contribution in [3.8, 4) is 5.88 Å². The first-order valence-electron chi connectivity index (χ1n) is 8.54. The van der Waals surface area contributed by atoms with Crippen LogP contribution in [0.1, 0.15) is 38.7 Å². The second-order valence-corrected chi connectivity index (χ2v) is 5.53. The molecule has 2 rings (SSSR count). The fourth-order valence-electron chi connectivity index (χ4n) is 2.39. The highest BCUT2D eigenvalue weighted by molar-refractivity contribution is 14.0. The molecule has 1 aliphatic heterocycles. The molecule has 1 saturated heterocycles. The summed E-state index contributed by atoms with van der Waals surface area (Å²) in [5.74, 6) is 1.47. The van der Waals surface area contributed by atoms with Crippen molar-refractivity contribution >= 4 is 29.9 Å². The quantitative estimate of drug-likeness (QED) is 0.364. The topological polar surface area (TPSA) is 67.8 Å². The lowest BCUT2D eigenvalue weighted by Gasteiger charge is -2.15. The highest BCUT2D eigenvalue weighted by Crippen LogP contribution is 2.15. The molecule has 7 heteroatoms. The molecule has 1 aromatic rings. The number of guanidine groups is 1.